The summed E-state index contributed by atoms with van der Waals surface area (Å²) in [5.74, 6) is 1.20. The molecule has 1 amide bonds. The lowest BCUT2D eigenvalue weighted by atomic mass is 10.2. The van der Waals surface area contributed by atoms with Crippen LogP contribution in [-0.2, 0) is 4.79 Å². The molecule has 0 aliphatic rings. The van der Waals surface area contributed by atoms with Crippen molar-refractivity contribution in [1.82, 2.24) is 0 Å². The summed E-state index contributed by atoms with van der Waals surface area (Å²) in [5.41, 5.74) is 1.66. The Balaban J connectivity index is 1.84. The van der Waals surface area contributed by atoms with Gasteiger partial charge in [-0.05, 0) is 64.9 Å². The predicted molar refractivity (Wildman–Crippen MR) is 103 cm³/mol. The standard InChI is InChI=1S/C18H21IN2O2/c1-13(2)12-23-17-5-3-4-16(10-17)20-11-18(22)21-15-8-6-14(19)7-9-15/h3-10,13,20H,11-12H2,1-2H3,(H,21,22). The van der Waals surface area contributed by atoms with Crippen LogP contribution in [0.4, 0.5) is 11.4 Å². The van der Waals surface area contributed by atoms with Crippen molar-refractivity contribution in [3.8, 4) is 5.75 Å². The molecular weight excluding hydrogens is 403 g/mol. The van der Waals surface area contributed by atoms with Crippen LogP contribution in [0.2, 0.25) is 0 Å². The van der Waals surface area contributed by atoms with Crippen LogP contribution >= 0.6 is 22.6 Å². The van der Waals surface area contributed by atoms with E-state index in [2.05, 4.69) is 47.1 Å². The van der Waals surface area contributed by atoms with Gasteiger partial charge in [0, 0.05) is 21.0 Å². The highest BCUT2D eigenvalue weighted by Gasteiger charge is 2.03. The number of hydrogen-bond donors (Lipinski definition) is 2. The van der Waals surface area contributed by atoms with Crippen molar-refractivity contribution in [2.75, 3.05) is 23.8 Å². The Labute approximate surface area is 150 Å². The van der Waals surface area contributed by atoms with Crippen molar-refractivity contribution in [1.29, 1.82) is 0 Å². The fourth-order valence-corrected chi connectivity index (χ4v) is 2.24. The lowest BCUT2D eigenvalue weighted by molar-refractivity contribution is -0.114. The molecule has 0 radical (unpaired) electrons. The van der Waals surface area contributed by atoms with Crippen LogP contribution in [0.5, 0.6) is 5.75 Å². The van der Waals surface area contributed by atoms with Crippen molar-refractivity contribution in [3.05, 3.63) is 52.1 Å². The number of hydrogen-bond acceptors (Lipinski definition) is 3. The van der Waals surface area contributed by atoms with E-state index >= 15 is 0 Å². The summed E-state index contributed by atoms with van der Waals surface area (Å²) in [4.78, 5) is 12.0. The molecular formula is C18H21IN2O2. The van der Waals surface area contributed by atoms with Gasteiger partial charge in [0.1, 0.15) is 5.75 Å². The first-order valence-corrected chi connectivity index (χ1v) is 8.63. The third-order valence-electron chi connectivity index (χ3n) is 3.00. The van der Waals surface area contributed by atoms with Gasteiger partial charge in [-0.15, -0.1) is 0 Å². The molecule has 0 saturated carbocycles. The van der Waals surface area contributed by atoms with Crippen molar-refractivity contribution in [3.63, 3.8) is 0 Å². The lowest BCUT2D eigenvalue weighted by Gasteiger charge is -2.11. The molecule has 0 saturated heterocycles. The molecule has 2 N–H and O–H groups in total. The van der Waals surface area contributed by atoms with Gasteiger partial charge in [-0.25, -0.2) is 0 Å². The molecule has 2 rings (SSSR count). The van der Waals surface area contributed by atoms with Crippen molar-refractivity contribution in [2.45, 2.75) is 13.8 Å². The lowest BCUT2D eigenvalue weighted by Crippen LogP contribution is -2.21. The van der Waals surface area contributed by atoms with E-state index in [1.807, 2.05) is 48.5 Å². The number of amides is 1. The number of carbonyl (C=O) groups is 1. The number of benzene rings is 2. The quantitative estimate of drug-likeness (QED) is 0.649. The molecule has 0 spiro atoms. The first kappa shape index (κ1) is 17.6. The Kier molecular flexibility index (Phi) is 6.70. The Morgan fingerprint density at radius 3 is 2.57 bits per heavy atom. The first-order valence-electron chi connectivity index (χ1n) is 7.55. The van der Waals surface area contributed by atoms with E-state index in [1.54, 1.807) is 0 Å². The van der Waals surface area contributed by atoms with Gasteiger partial charge in [-0.1, -0.05) is 19.9 Å². The highest BCUT2D eigenvalue weighted by Crippen LogP contribution is 2.18. The maximum absolute atomic E-state index is 12.0. The minimum Gasteiger partial charge on any atom is -0.493 e. The second-order valence-electron chi connectivity index (χ2n) is 5.64. The smallest absolute Gasteiger partial charge is 0.243 e. The van der Waals surface area contributed by atoms with E-state index in [9.17, 15) is 4.79 Å². The highest BCUT2D eigenvalue weighted by molar-refractivity contribution is 14.1. The molecule has 2 aromatic rings. The third kappa shape index (κ3) is 6.48. The molecule has 0 aliphatic heterocycles. The van der Waals surface area contributed by atoms with Crippen molar-refractivity contribution in [2.24, 2.45) is 5.92 Å². The minimum atomic E-state index is -0.0836. The van der Waals surface area contributed by atoms with E-state index in [0.717, 1.165) is 20.7 Å². The van der Waals surface area contributed by atoms with Crippen LogP contribution in [0.1, 0.15) is 13.8 Å². The molecule has 0 aromatic heterocycles. The van der Waals surface area contributed by atoms with Crippen LogP contribution in [0.15, 0.2) is 48.5 Å². The highest BCUT2D eigenvalue weighted by atomic mass is 127. The summed E-state index contributed by atoms with van der Waals surface area (Å²) in [6.45, 7) is 5.10. The average Bonchev–Trinajstić information content (AvgIpc) is 2.54. The molecule has 0 fully saturated rings. The fraction of sp³-hybridized carbons (Fsp3) is 0.278. The minimum absolute atomic E-state index is 0.0836. The van der Waals surface area contributed by atoms with Crippen LogP contribution in [0.3, 0.4) is 0 Å². The Morgan fingerprint density at radius 1 is 1.13 bits per heavy atom. The summed E-state index contributed by atoms with van der Waals surface area (Å²) in [5, 5.41) is 5.97. The number of anilines is 2. The Hall–Kier alpha value is -1.76. The number of carbonyl (C=O) groups excluding carboxylic acids is 1. The average molecular weight is 424 g/mol. The number of nitrogens with one attached hydrogen (secondary N) is 2. The van der Waals surface area contributed by atoms with E-state index in [1.165, 1.54) is 0 Å². The van der Waals surface area contributed by atoms with Crippen LogP contribution in [-0.4, -0.2) is 19.1 Å². The van der Waals surface area contributed by atoms with E-state index in [0.29, 0.717) is 12.5 Å². The largest absolute Gasteiger partial charge is 0.493 e. The van der Waals surface area contributed by atoms with E-state index in [4.69, 9.17) is 4.74 Å². The van der Waals surface area contributed by atoms with Gasteiger partial charge in [0.2, 0.25) is 5.91 Å². The maximum atomic E-state index is 12.0. The van der Waals surface area contributed by atoms with E-state index in [-0.39, 0.29) is 12.5 Å². The molecule has 0 heterocycles. The van der Waals surface area contributed by atoms with Gasteiger partial charge in [-0.2, -0.15) is 0 Å². The molecule has 23 heavy (non-hydrogen) atoms. The van der Waals surface area contributed by atoms with Gasteiger partial charge in [0.15, 0.2) is 0 Å². The first-order chi connectivity index (χ1) is 11.0. The summed E-state index contributed by atoms with van der Waals surface area (Å²) < 4.78 is 6.82. The zero-order chi connectivity index (χ0) is 16.7. The molecule has 2 aromatic carbocycles. The molecule has 0 atom stereocenters. The monoisotopic (exact) mass is 424 g/mol. The second kappa shape index (κ2) is 8.76. The summed E-state index contributed by atoms with van der Waals surface area (Å²) in [7, 11) is 0. The van der Waals surface area contributed by atoms with Gasteiger partial charge >= 0.3 is 0 Å². The van der Waals surface area contributed by atoms with Gasteiger partial charge in [0.05, 0.1) is 13.2 Å². The van der Waals surface area contributed by atoms with Gasteiger partial charge < -0.3 is 15.4 Å². The van der Waals surface area contributed by atoms with Crippen LogP contribution < -0.4 is 15.4 Å². The maximum Gasteiger partial charge on any atom is 0.243 e. The Bertz CT molecular complexity index is 642. The number of halogens is 1. The molecule has 0 bridgehead atoms. The van der Waals surface area contributed by atoms with Gasteiger partial charge in [-0.3, -0.25) is 4.79 Å². The predicted octanol–water partition coefficient (Wildman–Crippen LogP) is 4.38. The van der Waals surface area contributed by atoms with Gasteiger partial charge in [0.25, 0.3) is 0 Å². The molecule has 4 nitrogen and oxygen atoms in total. The summed E-state index contributed by atoms with van der Waals surface area (Å²) >= 11 is 2.23. The molecule has 122 valence electrons. The van der Waals surface area contributed by atoms with E-state index < -0.39 is 0 Å². The molecule has 0 aliphatic carbocycles. The van der Waals surface area contributed by atoms with Crippen molar-refractivity contribution < 1.29 is 9.53 Å². The topological polar surface area (TPSA) is 50.4 Å². The zero-order valence-electron chi connectivity index (χ0n) is 13.3. The number of ether oxygens (including phenoxy) is 1. The van der Waals surface area contributed by atoms with Crippen LogP contribution in [0, 0.1) is 9.49 Å². The molecule has 0 unspecified atom stereocenters. The third-order valence-corrected chi connectivity index (χ3v) is 3.72. The van der Waals surface area contributed by atoms with Crippen LogP contribution in [0.25, 0.3) is 0 Å². The zero-order valence-corrected chi connectivity index (χ0v) is 15.5. The SMILES string of the molecule is CC(C)COc1cccc(NCC(=O)Nc2ccc(I)cc2)c1. The summed E-state index contributed by atoms with van der Waals surface area (Å²) in [6, 6.07) is 15.3. The van der Waals surface area contributed by atoms with Crippen molar-refractivity contribution >= 4 is 39.9 Å². The Morgan fingerprint density at radius 2 is 1.87 bits per heavy atom. The fourth-order valence-electron chi connectivity index (χ4n) is 1.88. The summed E-state index contributed by atoms with van der Waals surface area (Å²) in [6.07, 6.45) is 0. The molecule has 5 heteroatoms. The normalized spacial score (nSPS) is 10.4. The number of rotatable bonds is 7. The second-order valence-corrected chi connectivity index (χ2v) is 6.89.